The van der Waals surface area contributed by atoms with E-state index in [1.54, 1.807) is 24.0 Å². The van der Waals surface area contributed by atoms with Crippen LogP contribution >= 0.6 is 0 Å². The van der Waals surface area contributed by atoms with Crippen molar-refractivity contribution < 1.29 is 37.9 Å². The van der Waals surface area contributed by atoms with E-state index in [9.17, 15) is 23.6 Å². The fraction of sp³-hybridized carbons (Fsp3) is 0.524. The van der Waals surface area contributed by atoms with Crippen molar-refractivity contribution >= 4 is 35.3 Å². The number of amides is 3. The number of esters is 1. The van der Waals surface area contributed by atoms with E-state index >= 15 is 0 Å². The Balaban J connectivity index is 1.61. The fourth-order valence-electron chi connectivity index (χ4n) is 3.53. The molecule has 1 aromatic carbocycles. The number of nitrogens with one attached hydrogen (secondary N) is 1. The number of anilines is 2. The summed E-state index contributed by atoms with van der Waals surface area (Å²) in [6.07, 6.45) is -1.56. The molecule has 0 aromatic heterocycles. The number of hydroxylamine groups is 2. The zero-order valence-electron chi connectivity index (χ0n) is 18.5. The summed E-state index contributed by atoms with van der Waals surface area (Å²) >= 11 is 0. The number of ether oxygens (including phenoxy) is 2. The quantitative estimate of drug-likeness (QED) is 0.464. The van der Waals surface area contributed by atoms with Gasteiger partial charge in [-0.1, -0.05) is 0 Å². The molecule has 0 bridgehead atoms. The molecule has 0 radical (unpaired) electrons. The summed E-state index contributed by atoms with van der Waals surface area (Å²) in [5, 5.41) is 3.68. The summed E-state index contributed by atoms with van der Waals surface area (Å²) in [6.45, 7) is 4.44. The van der Waals surface area contributed by atoms with Gasteiger partial charge in [-0.25, -0.2) is 14.2 Å². The molecule has 2 aliphatic heterocycles. The number of cyclic esters (lactones) is 1. The normalized spacial score (nSPS) is 18.6. The summed E-state index contributed by atoms with van der Waals surface area (Å²) in [4.78, 5) is 55.4. The van der Waals surface area contributed by atoms with Crippen LogP contribution in [0.4, 0.5) is 20.6 Å². The van der Waals surface area contributed by atoms with Crippen LogP contribution in [0, 0.1) is 5.82 Å². The van der Waals surface area contributed by atoms with E-state index < -0.39 is 36.3 Å². The highest BCUT2D eigenvalue weighted by Gasteiger charge is 2.33. The third-order valence-corrected chi connectivity index (χ3v) is 5.10. The van der Waals surface area contributed by atoms with Crippen LogP contribution in [0.5, 0.6) is 0 Å². The minimum absolute atomic E-state index is 0.124. The second-order valence-corrected chi connectivity index (χ2v) is 7.49. The highest BCUT2D eigenvalue weighted by Crippen LogP contribution is 2.28. The summed E-state index contributed by atoms with van der Waals surface area (Å²) in [7, 11) is 0. The van der Waals surface area contributed by atoms with Gasteiger partial charge in [0.05, 0.1) is 44.2 Å². The number of carbonyl (C=O) groups excluding carboxylic acids is 4. The maximum atomic E-state index is 15.0. The smallest absolute Gasteiger partial charge is 0.414 e. The van der Waals surface area contributed by atoms with Crippen molar-refractivity contribution in [3.05, 3.63) is 24.0 Å². The number of hydrogen-bond acceptors (Lipinski definition) is 8. The Kier molecular flexibility index (Phi) is 8.04. The first-order valence-electron chi connectivity index (χ1n) is 10.6. The van der Waals surface area contributed by atoms with E-state index in [1.165, 1.54) is 17.9 Å². The molecular formula is C21H27FN4O7. The molecule has 180 valence electrons. The maximum Gasteiger partial charge on any atom is 0.414 e. The fourth-order valence-corrected chi connectivity index (χ4v) is 3.53. The zero-order chi connectivity index (χ0) is 24.0. The topological polar surface area (TPSA) is 118 Å². The number of benzene rings is 1. The molecule has 11 nitrogen and oxygen atoms in total. The van der Waals surface area contributed by atoms with Crippen LogP contribution in [0.25, 0.3) is 0 Å². The Morgan fingerprint density at radius 1 is 1.24 bits per heavy atom. The Hall–Kier alpha value is -3.41. The first-order valence-corrected chi connectivity index (χ1v) is 10.6. The first kappa shape index (κ1) is 24.2. The van der Waals surface area contributed by atoms with Gasteiger partial charge in [0.1, 0.15) is 18.3 Å². The SMILES string of the molecule is CCOC(=O)CC(=O)N1CCN(c2ccc(N3C[C@H](CNC(C)=O)OC3=O)cc2F)CCO1. The van der Waals surface area contributed by atoms with E-state index in [-0.39, 0.29) is 45.3 Å². The molecule has 2 aliphatic rings. The molecule has 0 aliphatic carbocycles. The lowest BCUT2D eigenvalue weighted by atomic mass is 10.2. The van der Waals surface area contributed by atoms with Gasteiger partial charge < -0.3 is 19.7 Å². The van der Waals surface area contributed by atoms with E-state index in [2.05, 4.69) is 5.32 Å². The van der Waals surface area contributed by atoms with Crippen LogP contribution in [-0.2, 0) is 28.7 Å². The molecule has 0 saturated carbocycles. The van der Waals surface area contributed by atoms with Crippen LogP contribution in [0.3, 0.4) is 0 Å². The molecule has 0 unspecified atom stereocenters. The Morgan fingerprint density at radius 3 is 2.73 bits per heavy atom. The lowest BCUT2D eigenvalue weighted by Crippen LogP contribution is -2.35. The number of rotatable bonds is 7. The largest absolute Gasteiger partial charge is 0.466 e. The van der Waals surface area contributed by atoms with E-state index in [0.29, 0.717) is 17.9 Å². The van der Waals surface area contributed by atoms with Crippen LogP contribution in [0.1, 0.15) is 20.3 Å². The molecule has 1 N–H and O–H groups in total. The molecular weight excluding hydrogens is 439 g/mol. The van der Waals surface area contributed by atoms with Crippen molar-refractivity contribution in [1.82, 2.24) is 10.4 Å². The maximum absolute atomic E-state index is 15.0. The Morgan fingerprint density at radius 2 is 2.03 bits per heavy atom. The van der Waals surface area contributed by atoms with Crippen LogP contribution in [-0.4, -0.2) is 81.0 Å². The van der Waals surface area contributed by atoms with Crippen molar-refractivity contribution in [3.8, 4) is 0 Å². The van der Waals surface area contributed by atoms with Crippen molar-refractivity contribution in [2.24, 2.45) is 0 Å². The molecule has 1 atom stereocenters. The highest BCUT2D eigenvalue weighted by molar-refractivity contribution is 5.93. The van der Waals surface area contributed by atoms with E-state index in [4.69, 9.17) is 14.3 Å². The van der Waals surface area contributed by atoms with E-state index in [1.807, 2.05) is 0 Å². The number of hydrogen-bond donors (Lipinski definition) is 1. The third-order valence-electron chi connectivity index (χ3n) is 5.10. The second-order valence-electron chi connectivity index (χ2n) is 7.49. The summed E-state index contributed by atoms with van der Waals surface area (Å²) in [6, 6.07) is 4.40. The molecule has 2 heterocycles. The average Bonchev–Trinajstić information content (AvgIpc) is 2.96. The molecule has 2 saturated heterocycles. The number of nitrogens with zero attached hydrogens (tertiary/aromatic N) is 3. The highest BCUT2D eigenvalue weighted by atomic mass is 19.1. The van der Waals surface area contributed by atoms with Gasteiger partial charge in [-0.3, -0.25) is 24.1 Å². The summed E-state index contributed by atoms with van der Waals surface area (Å²) < 4.78 is 24.9. The lowest BCUT2D eigenvalue weighted by Gasteiger charge is -2.24. The van der Waals surface area contributed by atoms with Gasteiger partial charge in [0.2, 0.25) is 5.91 Å². The van der Waals surface area contributed by atoms with Gasteiger partial charge in [-0.15, -0.1) is 0 Å². The first-order chi connectivity index (χ1) is 15.8. The second kappa shape index (κ2) is 10.9. The molecule has 2 fully saturated rings. The summed E-state index contributed by atoms with van der Waals surface area (Å²) in [5.74, 6) is -1.93. The van der Waals surface area contributed by atoms with Gasteiger partial charge in [-0.05, 0) is 25.1 Å². The van der Waals surface area contributed by atoms with Crippen LogP contribution in [0.15, 0.2) is 18.2 Å². The average molecular weight is 466 g/mol. The minimum Gasteiger partial charge on any atom is -0.466 e. The molecule has 1 aromatic rings. The van der Waals surface area contributed by atoms with Crippen molar-refractivity contribution in [2.45, 2.75) is 26.4 Å². The van der Waals surface area contributed by atoms with Gasteiger partial charge in [0.15, 0.2) is 0 Å². The van der Waals surface area contributed by atoms with Gasteiger partial charge in [0.25, 0.3) is 5.91 Å². The Labute approximate surface area is 190 Å². The predicted molar refractivity (Wildman–Crippen MR) is 114 cm³/mol. The minimum atomic E-state index is -0.631. The third kappa shape index (κ3) is 6.31. The van der Waals surface area contributed by atoms with Crippen molar-refractivity contribution in [2.75, 3.05) is 55.7 Å². The predicted octanol–water partition coefficient (Wildman–Crippen LogP) is 0.820. The molecule has 12 heteroatoms. The summed E-state index contributed by atoms with van der Waals surface area (Å²) in [5.41, 5.74) is 0.633. The standard InChI is InChI=1S/C21H27FN4O7/c1-3-31-20(29)11-19(28)26-7-6-24(8-9-32-26)18-5-4-15(10-17(18)22)25-13-16(33-21(25)30)12-23-14(2)27/h4-5,10,16H,3,6-9,11-13H2,1-2H3,(H,23,27)/t16-/m0/s1. The van der Waals surface area contributed by atoms with Crippen molar-refractivity contribution in [1.29, 1.82) is 0 Å². The Bertz CT molecular complexity index is 913. The molecule has 0 spiro atoms. The molecule has 3 amide bonds. The van der Waals surface area contributed by atoms with Crippen LogP contribution in [0.2, 0.25) is 0 Å². The molecule has 33 heavy (non-hydrogen) atoms. The monoisotopic (exact) mass is 466 g/mol. The lowest BCUT2D eigenvalue weighted by molar-refractivity contribution is -0.184. The number of carbonyl (C=O) groups is 4. The van der Waals surface area contributed by atoms with Gasteiger partial charge >= 0.3 is 12.1 Å². The van der Waals surface area contributed by atoms with Gasteiger partial charge in [-0.2, -0.15) is 0 Å². The molecule has 3 rings (SSSR count). The van der Waals surface area contributed by atoms with Gasteiger partial charge in [0, 0.05) is 20.0 Å². The zero-order valence-corrected chi connectivity index (χ0v) is 18.5. The van der Waals surface area contributed by atoms with Crippen molar-refractivity contribution in [3.63, 3.8) is 0 Å². The van der Waals surface area contributed by atoms with Crippen LogP contribution < -0.4 is 15.1 Å². The number of halogens is 1. The van der Waals surface area contributed by atoms with E-state index in [0.717, 1.165) is 5.06 Å².